The van der Waals surface area contributed by atoms with Crippen LogP contribution in [0, 0.1) is 0 Å². The fraction of sp³-hybridized carbons (Fsp3) is 0.438. The Morgan fingerprint density at radius 2 is 2.19 bits per heavy atom. The zero-order valence-corrected chi connectivity index (χ0v) is 14.9. The second kappa shape index (κ2) is 8.39. The van der Waals surface area contributed by atoms with Crippen LogP contribution in [-0.2, 0) is 11.3 Å². The van der Waals surface area contributed by atoms with Crippen molar-refractivity contribution in [2.24, 2.45) is 4.99 Å². The van der Waals surface area contributed by atoms with E-state index in [4.69, 9.17) is 11.6 Å². The van der Waals surface area contributed by atoms with Crippen LogP contribution in [0.4, 0.5) is 13.2 Å². The zero-order valence-electron chi connectivity index (χ0n) is 14.2. The molecule has 0 radical (unpaired) electrons. The highest BCUT2D eigenvalue weighted by atomic mass is 35.5. The maximum atomic E-state index is 12.2. The summed E-state index contributed by atoms with van der Waals surface area (Å²) < 4.78 is 41.3. The number of hydrogen-bond acceptors (Lipinski definition) is 5. The zero-order chi connectivity index (χ0) is 19.3. The Balaban J connectivity index is 2.10. The maximum absolute atomic E-state index is 12.2. The molecule has 10 heteroatoms. The largest absolute Gasteiger partial charge is 0.467 e. The SMILES string of the molecule is CCC(=O)NC1N=CC=C(C)N1Cc1cnc(OCC(F)(F)F)c(Cl)c1. The van der Waals surface area contributed by atoms with Crippen LogP contribution in [0.25, 0.3) is 0 Å². The van der Waals surface area contributed by atoms with E-state index in [-0.39, 0.29) is 16.8 Å². The van der Waals surface area contributed by atoms with E-state index in [0.717, 1.165) is 5.70 Å². The van der Waals surface area contributed by atoms with Crippen molar-refractivity contribution in [3.05, 3.63) is 34.6 Å². The molecule has 1 aromatic heterocycles. The van der Waals surface area contributed by atoms with Crippen LogP contribution in [0.1, 0.15) is 25.8 Å². The highest BCUT2D eigenvalue weighted by molar-refractivity contribution is 6.31. The van der Waals surface area contributed by atoms with E-state index in [2.05, 4.69) is 20.0 Å². The molecule has 1 N–H and O–H groups in total. The van der Waals surface area contributed by atoms with Gasteiger partial charge in [-0.05, 0) is 24.6 Å². The normalized spacial score (nSPS) is 17.1. The molecule has 0 saturated carbocycles. The van der Waals surface area contributed by atoms with Gasteiger partial charge in [0.25, 0.3) is 0 Å². The number of aromatic nitrogens is 1. The predicted octanol–water partition coefficient (Wildman–Crippen LogP) is 3.28. The second-order valence-corrected chi connectivity index (χ2v) is 5.97. The molecule has 142 valence electrons. The molecule has 0 aromatic carbocycles. The maximum Gasteiger partial charge on any atom is 0.422 e. The number of halogens is 4. The van der Waals surface area contributed by atoms with Crippen molar-refractivity contribution in [3.8, 4) is 5.88 Å². The van der Waals surface area contributed by atoms with E-state index in [9.17, 15) is 18.0 Å². The number of carbonyl (C=O) groups excluding carboxylic acids is 1. The average Bonchev–Trinajstić information content (AvgIpc) is 2.56. The number of ether oxygens (including phenoxy) is 1. The summed E-state index contributed by atoms with van der Waals surface area (Å²) in [7, 11) is 0. The molecule has 0 fully saturated rings. The van der Waals surface area contributed by atoms with Gasteiger partial charge >= 0.3 is 6.18 Å². The number of pyridine rings is 1. The molecule has 1 aromatic rings. The van der Waals surface area contributed by atoms with Crippen LogP contribution < -0.4 is 10.1 Å². The predicted molar refractivity (Wildman–Crippen MR) is 90.8 cm³/mol. The highest BCUT2D eigenvalue weighted by Crippen LogP contribution is 2.26. The van der Waals surface area contributed by atoms with E-state index in [0.29, 0.717) is 18.5 Å². The van der Waals surface area contributed by atoms with Gasteiger partial charge < -0.3 is 15.0 Å². The van der Waals surface area contributed by atoms with Crippen LogP contribution in [0.2, 0.25) is 5.02 Å². The summed E-state index contributed by atoms with van der Waals surface area (Å²) in [5.74, 6) is -0.439. The van der Waals surface area contributed by atoms with Crippen molar-refractivity contribution >= 4 is 23.7 Å². The number of nitrogens with one attached hydrogen (secondary N) is 1. The summed E-state index contributed by atoms with van der Waals surface area (Å²) in [4.78, 5) is 21.6. The van der Waals surface area contributed by atoms with Crippen LogP contribution in [0.5, 0.6) is 5.88 Å². The van der Waals surface area contributed by atoms with E-state index in [1.807, 2.05) is 11.8 Å². The molecule has 1 aliphatic heterocycles. The van der Waals surface area contributed by atoms with Crippen molar-refractivity contribution in [3.63, 3.8) is 0 Å². The quantitative estimate of drug-likeness (QED) is 0.809. The molecule has 0 saturated heterocycles. The minimum atomic E-state index is -4.47. The van der Waals surface area contributed by atoms with E-state index in [1.165, 1.54) is 12.3 Å². The number of allylic oxidation sites excluding steroid dienone is 2. The minimum Gasteiger partial charge on any atom is -0.467 e. The van der Waals surface area contributed by atoms with Gasteiger partial charge in [0.05, 0.1) is 0 Å². The third-order valence-electron chi connectivity index (χ3n) is 3.49. The summed E-state index contributed by atoms with van der Waals surface area (Å²) in [6, 6.07) is 1.48. The smallest absolute Gasteiger partial charge is 0.422 e. The fourth-order valence-electron chi connectivity index (χ4n) is 2.18. The summed E-state index contributed by atoms with van der Waals surface area (Å²) in [6.07, 6.45) is 0.0360. The highest BCUT2D eigenvalue weighted by Gasteiger charge is 2.29. The molecule has 1 unspecified atom stereocenters. The van der Waals surface area contributed by atoms with Crippen LogP contribution >= 0.6 is 11.6 Å². The molecule has 26 heavy (non-hydrogen) atoms. The Hall–Kier alpha value is -2.29. The third-order valence-corrected chi connectivity index (χ3v) is 3.76. The number of carbonyl (C=O) groups is 1. The van der Waals surface area contributed by atoms with Gasteiger partial charge in [0.2, 0.25) is 11.8 Å². The lowest BCUT2D eigenvalue weighted by Crippen LogP contribution is -2.46. The van der Waals surface area contributed by atoms with Crippen LogP contribution in [-0.4, -0.2) is 41.1 Å². The minimum absolute atomic E-state index is 0.0250. The first-order valence-electron chi connectivity index (χ1n) is 7.79. The summed E-state index contributed by atoms with van der Waals surface area (Å²) in [5, 5.41) is 2.75. The Bertz CT molecular complexity index is 722. The molecule has 0 bridgehead atoms. The molecular weight excluding hydrogens is 373 g/mol. The lowest BCUT2D eigenvalue weighted by molar-refractivity contribution is -0.154. The Morgan fingerprint density at radius 3 is 2.81 bits per heavy atom. The van der Waals surface area contributed by atoms with Gasteiger partial charge in [0.1, 0.15) is 5.02 Å². The Labute approximate surface area is 153 Å². The number of aliphatic imine (C=N–C) groups is 1. The van der Waals surface area contributed by atoms with Gasteiger partial charge in [-0.2, -0.15) is 13.2 Å². The molecule has 6 nitrogen and oxygen atoms in total. The number of nitrogens with zero attached hydrogens (tertiary/aromatic N) is 3. The number of rotatable bonds is 6. The first kappa shape index (κ1) is 20.0. The first-order chi connectivity index (χ1) is 12.2. The summed E-state index contributed by atoms with van der Waals surface area (Å²) in [5.41, 5.74) is 1.49. The first-order valence-corrected chi connectivity index (χ1v) is 8.17. The van der Waals surface area contributed by atoms with Gasteiger partial charge in [-0.25, -0.2) is 9.98 Å². The molecule has 1 amide bonds. The summed E-state index contributed by atoms with van der Waals surface area (Å²) >= 11 is 5.97. The Morgan fingerprint density at radius 1 is 1.46 bits per heavy atom. The average molecular weight is 391 g/mol. The molecule has 0 spiro atoms. The lowest BCUT2D eigenvalue weighted by Gasteiger charge is -2.33. The summed E-state index contributed by atoms with van der Waals surface area (Å²) in [6.45, 7) is 2.43. The van der Waals surface area contributed by atoms with E-state index in [1.54, 1.807) is 19.2 Å². The third kappa shape index (κ3) is 5.62. The van der Waals surface area contributed by atoms with E-state index >= 15 is 0 Å². The van der Waals surface area contributed by atoms with Crippen molar-refractivity contribution in [2.75, 3.05) is 6.61 Å². The van der Waals surface area contributed by atoms with Gasteiger partial charge in [0, 0.05) is 31.1 Å². The van der Waals surface area contributed by atoms with Gasteiger partial charge in [-0.15, -0.1) is 0 Å². The molecule has 2 heterocycles. The monoisotopic (exact) mass is 390 g/mol. The molecule has 1 atom stereocenters. The van der Waals surface area contributed by atoms with E-state index < -0.39 is 19.1 Å². The second-order valence-electron chi connectivity index (χ2n) is 5.56. The lowest BCUT2D eigenvalue weighted by atomic mass is 10.2. The molecular formula is C16H18ClF3N4O2. The number of hydrogen-bond donors (Lipinski definition) is 1. The molecule has 2 rings (SSSR count). The fourth-order valence-corrected chi connectivity index (χ4v) is 2.42. The number of amides is 1. The van der Waals surface area contributed by atoms with Crippen LogP contribution in [0.3, 0.4) is 0 Å². The van der Waals surface area contributed by atoms with Gasteiger partial charge in [-0.1, -0.05) is 18.5 Å². The Kier molecular flexibility index (Phi) is 6.47. The molecule has 1 aliphatic rings. The number of alkyl halides is 3. The van der Waals surface area contributed by atoms with Gasteiger partial charge in [0.15, 0.2) is 12.9 Å². The molecule has 0 aliphatic carbocycles. The standard InChI is InChI=1S/C16H18ClF3N4O2/c1-3-13(25)23-15-21-5-4-10(2)24(15)8-11-6-12(17)14(22-7-11)26-9-16(18,19)20/h4-7,15H,3,8-9H2,1-2H3,(H,23,25). The van der Waals surface area contributed by atoms with Gasteiger partial charge in [-0.3, -0.25) is 4.79 Å². The topological polar surface area (TPSA) is 66.8 Å². The van der Waals surface area contributed by atoms with Crippen molar-refractivity contribution in [1.82, 2.24) is 15.2 Å². The van der Waals surface area contributed by atoms with Crippen LogP contribution in [0.15, 0.2) is 29.0 Å². The van der Waals surface area contributed by atoms with Crippen molar-refractivity contribution < 1.29 is 22.7 Å². The van der Waals surface area contributed by atoms with Crippen molar-refractivity contribution in [1.29, 1.82) is 0 Å². The van der Waals surface area contributed by atoms with Crippen molar-refractivity contribution in [2.45, 2.75) is 39.3 Å².